The summed E-state index contributed by atoms with van der Waals surface area (Å²) in [6.45, 7) is 9.99. The van der Waals surface area contributed by atoms with E-state index >= 15 is 0 Å². The highest BCUT2D eigenvalue weighted by atomic mass is 32.2. The Hall–Kier alpha value is -1.61. The van der Waals surface area contributed by atoms with Crippen molar-refractivity contribution in [2.45, 2.75) is 26.5 Å². The van der Waals surface area contributed by atoms with Crippen LogP contribution < -0.4 is 5.32 Å². The Labute approximate surface area is 143 Å². The van der Waals surface area contributed by atoms with Gasteiger partial charge in [0.25, 0.3) is 0 Å². The van der Waals surface area contributed by atoms with E-state index in [0.29, 0.717) is 37.8 Å². The molecule has 1 aromatic rings. The van der Waals surface area contributed by atoms with Crippen LogP contribution in [0.4, 0.5) is 0 Å². The lowest BCUT2D eigenvalue weighted by atomic mass is 10.2. The minimum Gasteiger partial charge on any atom is -0.364 e. The normalized spacial score (nSPS) is 17.5. The molecule has 0 saturated carbocycles. The van der Waals surface area contributed by atoms with Crippen LogP contribution in [0.25, 0.3) is 0 Å². The van der Waals surface area contributed by atoms with Crippen LogP contribution in [0.2, 0.25) is 0 Å². The van der Waals surface area contributed by atoms with E-state index in [9.17, 15) is 8.42 Å². The Morgan fingerprint density at radius 2 is 2.08 bits per heavy atom. The van der Waals surface area contributed by atoms with Crippen molar-refractivity contribution in [3.63, 3.8) is 0 Å². The SMILES string of the molecule is CCNC(=NCC(C)C)N1CCN(S(=O)(=O)Cc2ccon2)CC1. The number of rotatable bonds is 6. The molecule has 0 spiro atoms. The highest BCUT2D eigenvalue weighted by molar-refractivity contribution is 7.88. The van der Waals surface area contributed by atoms with E-state index in [-0.39, 0.29) is 5.75 Å². The van der Waals surface area contributed by atoms with E-state index in [1.54, 1.807) is 6.07 Å². The van der Waals surface area contributed by atoms with Gasteiger partial charge in [-0.25, -0.2) is 8.42 Å². The Kier molecular flexibility index (Phi) is 6.61. The lowest BCUT2D eigenvalue weighted by Gasteiger charge is -2.35. The minimum absolute atomic E-state index is 0.120. The molecule has 1 aliphatic rings. The van der Waals surface area contributed by atoms with Crippen molar-refractivity contribution in [3.8, 4) is 0 Å². The van der Waals surface area contributed by atoms with Crippen molar-refractivity contribution in [3.05, 3.63) is 18.0 Å². The van der Waals surface area contributed by atoms with Crippen LogP contribution in [-0.2, 0) is 15.8 Å². The second-order valence-electron chi connectivity index (χ2n) is 6.22. The predicted molar refractivity (Wildman–Crippen MR) is 93.1 cm³/mol. The van der Waals surface area contributed by atoms with E-state index in [1.807, 2.05) is 6.92 Å². The first kappa shape index (κ1) is 18.7. The monoisotopic (exact) mass is 357 g/mol. The Morgan fingerprint density at radius 1 is 1.38 bits per heavy atom. The number of aromatic nitrogens is 1. The Balaban J connectivity index is 1.95. The van der Waals surface area contributed by atoms with Crippen LogP contribution in [-0.4, -0.2) is 68.0 Å². The summed E-state index contributed by atoms with van der Waals surface area (Å²) in [5.74, 6) is 1.23. The Morgan fingerprint density at radius 3 is 2.62 bits per heavy atom. The summed E-state index contributed by atoms with van der Waals surface area (Å²) in [4.78, 5) is 6.74. The number of hydrogen-bond donors (Lipinski definition) is 1. The van der Waals surface area contributed by atoms with Crippen LogP contribution >= 0.6 is 0 Å². The highest BCUT2D eigenvalue weighted by Gasteiger charge is 2.28. The lowest BCUT2D eigenvalue weighted by Crippen LogP contribution is -2.54. The molecule has 1 aromatic heterocycles. The first-order chi connectivity index (χ1) is 11.4. The molecule has 136 valence electrons. The number of hydrogen-bond acceptors (Lipinski definition) is 5. The summed E-state index contributed by atoms with van der Waals surface area (Å²) in [6.07, 6.45) is 1.39. The second kappa shape index (κ2) is 8.48. The maximum atomic E-state index is 12.5. The summed E-state index contributed by atoms with van der Waals surface area (Å²) in [7, 11) is -3.37. The summed E-state index contributed by atoms with van der Waals surface area (Å²) in [6, 6.07) is 1.58. The molecular formula is C15H27N5O3S. The molecule has 8 nitrogen and oxygen atoms in total. The van der Waals surface area contributed by atoms with Crippen LogP contribution in [0.15, 0.2) is 21.8 Å². The molecule has 2 heterocycles. The fourth-order valence-corrected chi connectivity index (χ4v) is 3.89. The summed E-state index contributed by atoms with van der Waals surface area (Å²) in [5.41, 5.74) is 0.435. The molecule has 0 bridgehead atoms. The first-order valence-corrected chi connectivity index (χ1v) is 9.93. The third kappa shape index (κ3) is 5.20. The third-order valence-electron chi connectivity index (χ3n) is 3.69. The average Bonchev–Trinajstić information content (AvgIpc) is 3.03. The van der Waals surface area contributed by atoms with Gasteiger partial charge in [-0.15, -0.1) is 0 Å². The van der Waals surface area contributed by atoms with E-state index in [1.165, 1.54) is 10.6 Å². The van der Waals surface area contributed by atoms with Gasteiger partial charge in [0.15, 0.2) is 5.96 Å². The van der Waals surface area contributed by atoms with Crippen LogP contribution in [0.3, 0.4) is 0 Å². The predicted octanol–water partition coefficient (Wildman–Crippen LogP) is 0.744. The number of nitrogens with zero attached hydrogens (tertiary/aromatic N) is 4. The number of sulfonamides is 1. The smallest absolute Gasteiger partial charge is 0.220 e. The fourth-order valence-electron chi connectivity index (χ4n) is 2.46. The standard InChI is InChI=1S/C15H27N5O3S/c1-4-16-15(17-11-13(2)3)19-6-8-20(9-7-19)24(21,22)12-14-5-10-23-18-14/h5,10,13H,4,6-9,11-12H2,1-3H3,(H,16,17). The van der Waals surface area contributed by atoms with E-state index < -0.39 is 10.0 Å². The van der Waals surface area contributed by atoms with Gasteiger partial charge in [-0.05, 0) is 12.8 Å². The van der Waals surface area contributed by atoms with E-state index in [2.05, 4.69) is 34.2 Å². The molecule has 0 aliphatic carbocycles. The zero-order chi connectivity index (χ0) is 17.6. The molecule has 1 fully saturated rings. The number of guanidine groups is 1. The van der Waals surface area contributed by atoms with Gasteiger partial charge in [-0.2, -0.15) is 4.31 Å². The van der Waals surface area contributed by atoms with Crippen LogP contribution in [0, 0.1) is 5.92 Å². The molecule has 24 heavy (non-hydrogen) atoms. The maximum absolute atomic E-state index is 12.5. The molecule has 1 aliphatic heterocycles. The number of aliphatic imine (C=N–C) groups is 1. The van der Waals surface area contributed by atoms with Crippen molar-refractivity contribution < 1.29 is 12.9 Å². The molecular weight excluding hydrogens is 330 g/mol. The molecule has 0 atom stereocenters. The fraction of sp³-hybridized carbons (Fsp3) is 0.733. The Bertz CT molecular complexity index is 620. The zero-order valence-electron chi connectivity index (χ0n) is 14.6. The number of nitrogens with one attached hydrogen (secondary N) is 1. The van der Waals surface area contributed by atoms with Gasteiger partial charge < -0.3 is 14.7 Å². The molecule has 0 unspecified atom stereocenters. The van der Waals surface area contributed by atoms with Crippen molar-refractivity contribution in [1.82, 2.24) is 19.7 Å². The molecule has 1 N–H and O–H groups in total. The topological polar surface area (TPSA) is 91.0 Å². The molecule has 2 rings (SSSR count). The zero-order valence-corrected chi connectivity index (χ0v) is 15.4. The van der Waals surface area contributed by atoms with Gasteiger partial charge in [0, 0.05) is 45.3 Å². The second-order valence-corrected chi connectivity index (χ2v) is 8.19. The van der Waals surface area contributed by atoms with Gasteiger partial charge in [-0.1, -0.05) is 19.0 Å². The number of piperazine rings is 1. The molecule has 9 heteroatoms. The molecule has 1 saturated heterocycles. The average molecular weight is 357 g/mol. The van der Waals surface area contributed by atoms with Crippen LogP contribution in [0.1, 0.15) is 26.5 Å². The van der Waals surface area contributed by atoms with Crippen molar-refractivity contribution >= 4 is 16.0 Å². The largest absolute Gasteiger partial charge is 0.364 e. The van der Waals surface area contributed by atoms with E-state index in [4.69, 9.17) is 4.52 Å². The maximum Gasteiger partial charge on any atom is 0.220 e. The van der Waals surface area contributed by atoms with Crippen molar-refractivity contribution in [2.24, 2.45) is 10.9 Å². The van der Waals surface area contributed by atoms with Gasteiger partial charge in [0.2, 0.25) is 10.0 Å². The quantitative estimate of drug-likeness (QED) is 0.597. The van der Waals surface area contributed by atoms with Crippen molar-refractivity contribution in [1.29, 1.82) is 0 Å². The lowest BCUT2D eigenvalue weighted by molar-refractivity contribution is 0.259. The third-order valence-corrected chi connectivity index (χ3v) is 5.51. The van der Waals surface area contributed by atoms with Gasteiger partial charge in [0.05, 0.1) is 5.69 Å². The molecule has 0 amide bonds. The summed E-state index contributed by atoms with van der Waals surface area (Å²) < 4.78 is 31.1. The molecule has 0 aromatic carbocycles. The van der Waals surface area contributed by atoms with Crippen LogP contribution in [0.5, 0.6) is 0 Å². The van der Waals surface area contributed by atoms with Gasteiger partial charge >= 0.3 is 0 Å². The summed E-state index contributed by atoms with van der Waals surface area (Å²) in [5, 5.41) is 6.97. The van der Waals surface area contributed by atoms with Gasteiger partial charge in [0.1, 0.15) is 12.0 Å². The van der Waals surface area contributed by atoms with Gasteiger partial charge in [-0.3, -0.25) is 4.99 Å². The summed E-state index contributed by atoms with van der Waals surface area (Å²) >= 11 is 0. The molecule has 0 radical (unpaired) electrons. The first-order valence-electron chi connectivity index (χ1n) is 8.32. The van der Waals surface area contributed by atoms with E-state index in [0.717, 1.165) is 19.0 Å². The minimum atomic E-state index is -3.37. The van der Waals surface area contributed by atoms with Crippen molar-refractivity contribution in [2.75, 3.05) is 39.3 Å². The highest BCUT2D eigenvalue weighted by Crippen LogP contribution is 2.13.